The fourth-order valence-corrected chi connectivity index (χ4v) is 3.57. The Kier molecular flexibility index (Phi) is 8.41. The number of nitrogens with one attached hydrogen (secondary N) is 2. The van der Waals surface area contributed by atoms with Crippen LogP contribution in [-0.4, -0.2) is 35.2 Å². The number of carbonyl (C=O) groups excluding carboxylic acids is 1. The first-order chi connectivity index (χ1) is 13.5. The Morgan fingerprint density at radius 3 is 2.68 bits per heavy atom. The Morgan fingerprint density at radius 2 is 2.04 bits per heavy atom. The average Bonchev–Trinajstić information content (AvgIpc) is 3.08. The van der Waals surface area contributed by atoms with Gasteiger partial charge in [-0.3, -0.25) is 0 Å². The number of aryl methyl sites for hydroxylation is 1. The molecule has 152 valence electrons. The molecule has 0 saturated carbocycles. The van der Waals surface area contributed by atoms with E-state index in [0.29, 0.717) is 36.2 Å². The molecule has 2 rings (SSSR count). The Labute approximate surface area is 169 Å². The smallest absolute Gasteiger partial charge is 0.350 e. The van der Waals surface area contributed by atoms with Crippen LogP contribution in [0.3, 0.4) is 0 Å². The molecule has 1 unspecified atom stereocenters. The van der Waals surface area contributed by atoms with Crippen molar-refractivity contribution in [2.75, 3.05) is 13.2 Å². The van der Waals surface area contributed by atoms with E-state index in [1.807, 2.05) is 45.0 Å². The summed E-state index contributed by atoms with van der Waals surface area (Å²) < 4.78 is 5.09. The summed E-state index contributed by atoms with van der Waals surface area (Å²) in [5.41, 5.74) is 2.51. The number of aliphatic hydroxyl groups excluding tert-OH is 1. The summed E-state index contributed by atoms with van der Waals surface area (Å²) in [7, 11) is 0. The fourth-order valence-electron chi connectivity index (χ4n) is 2.61. The molecule has 1 aromatic carbocycles. The summed E-state index contributed by atoms with van der Waals surface area (Å²) in [6, 6.07) is 7.55. The van der Waals surface area contributed by atoms with Gasteiger partial charge in [0, 0.05) is 6.54 Å². The molecule has 2 aromatic rings. The third-order valence-electron chi connectivity index (χ3n) is 4.04. The molecule has 1 heterocycles. The van der Waals surface area contributed by atoms with E-state index in [1.54, 1.807) is 6.92 Å². The second-order valence-electron chi connectivity index (χ2n) is 6.18. The molecule has 0 bridgehead atoms. The number of benzene rings is 1. The van der Waals surface area contributed by atoms with Gasteiger partial charge in [-0.15, -0.1) is 11.3 Å². The monoisotopic (exact) mass is 404 g/mol. The van der Waals surface area contributed by atoms with Crippen LogP contribution in [0.4, 0.5) is 0 Å². The molecule has 0 aliphatic carbocycles. The van der Waals surface area contributed by atoms with E-state index < -0.39 is 0 Å². The molecular formula is C20H28N4O3S. The molecule has 7 nitrogen and oxygen atoms in total. The van der Waals surface area contributed by atoms with Gasteiger partial charge in [-0.2, -0.15) is 0 Å². The predicted molar refractivity (Wildman–Crippen MR) is 112 cm³/mol. The van der Waals surface area contributed by atoms with Crippen LogP contribution in [-0.2, 0) is 17.9 Å². The van der Waals surface area contributed by atoms with Gasteiger partial charge in [0.15, 0.2) is 5.96 Å². The Bertz CT molecular complexity index is 820. The van der Waals surface area contributed by atoms with E-state index in [-0.39, 0.29) is 18.6 Å². The molecule has 28 heavy (non-hydrogen) atoms. The number of carbonyl (C=O) groups is 1. The molecule has 0 aliphatic rings. The van der Waals surface area contributed by atoms with Gasteiger partial charge in [0.05, 0.1) is 31.5 Å². The van der Waals surface area contributed by atoms with E-state index in [0.717, 1.165) is 16.1 Å². The Morgan fingerprint density at radius 1 is 1.32 bits per heavy atom. The molecule has 1 aromatic heterocycles. The van der Waals surface area contributed by atoms with Crippen molar-refractivity contribution < 1.29 is 14.6 Å². The van der Waals surface area contributed by atoms with Crippen molar-refractivity contribution >= 4 is 23.3 Å². The molecular weight excluding hydrogens is 376 g/mol. The van der Waals surface area contributed by atoms with Gasteiger partial charge in [-0.25, -0.2) is 14.8 Å². The summed E-state index contributed by atoms with van der Waals surface area (Å²) in [4.78, 5) is 21.7. The van der Waals surface area contributed by atoms with Crippen LogP contribution in [0.5, 0.6) is 0 Å². The number of hydrogen-bond acceptors (Lipinski definition) is 6. The molecule has 0 fully saturated rings. The number of aromatic nitrogens is 1. The second kappa shape index (κ2) is 10.8. The van der Waals surface area contributed by atoms with E-state index in [9.17, 15) is 9.90 Å². The largest absolute Gasteiger partial charge is 0.462 e. The summed E-state index contributed by atoms with van der Waals surface area (Å²) in [6.45, 7) is 9.05. The molecule has 0 amide bonds. The molecule has 0 spiro atoms. The molecule has 0 aliphatic heterocycles. The van der Waals surface area contributed by atoms with Gasteiger partial charge < -0.3 is 20.5 Å². The highest BCUT2D eigenvalue weighted by atomic mass is 32.1. The molecule has 8 heteroatoms. The van der Waals surface area contributed by atoms with Crippen molar-refractivity contribution in [3.8, 4) is 0 Å². The zero-order chi connectivity index (χ0) is 20.5. The number of ether oxygens (including phenoxy) is 1. The minimum atomic E-state index is -0.336. The van der Waals surface area contributed by atoms with E-state index in [2.05, 4.69) is 20.6 Å². The van der Waals surface area contributed by atoms with Crippen LogP contribution in [0.15, 0.2) is 29.3 Å². The number of esters is 1. The second-order valence-corrected chi connectivity index (χ2v) is 7.21. The van der Waals surface area contributed by atoms with E-state index in [4.69, 9.17) is 4.74 Å². The zero-order valence-electron chi connectivity index (χ0n) is 16.8. The molecule has 0 radical (unpaired) electrons. The maximum absolute atomic E-state index is 12.0. The van der Waals surface area contributed by atoms with Crippen molar-refractivity contribution in [2.45, 2.75) is 46.9 Å². The number of thiazole rings is 1. The Hall–Kier alpha value is -2.45. The Balaban J connectivity index is 2.13. The quantitative estimate of drug-likeness (QED) is 0.356. The first kappa shape index (κ1) is 21.8. The third kappa shape index (κ3) is 5.77. The van der Waals surface area contributed by atoms with Crippen molar-refractivity contribution in [3.05, 3.63) is 51.0 Å². The van der Waals surface area contributed by atoms with Crippen LogP contribution in [0.25, 0.3) is 0 Å². The van der Waals surface area contributed by atoms with Crippen molar-refractivity contribution in [1.82, 2.24) is 15.6 Å². The van der Waals surface area contributed by atoms with Gasteiger partial charge in [0.2, 0.25) is 0 Å². The molecule has 3 N–H and O–H groups in total. The minimum absolute atomic E-state index is 0.0128. The lowest BCUT2D eigenvalue weighted by Crippen LogP contribution is -2.38. The van der Waals surface area contributed by atoms with Crippen LogP contribution in [0.1, 0.15) is 58.3 Å². The minimum Gasteiger partial charge on any atom is -0.462 e. The SMILES string of the molecule is CCNC(=NCc1ccccc1CO)NC(C)c1nc(C)c(C(=O)OCC)s1. The fraction of sp³-hybridized carbons (Fsp3) is 0.450. The zero-order valence-corrected chi connectivity index (χ0v) is 17.6. The standard InChI is InChI=1S/C20H28N4O3S/c1-5-21-20(22-11-15-9-7-8-10-16(15)12-25)24-14(4)18-23-13(3)17(28-18)19(26)27-6-2/h7-10,14,25H,5-6,11-12H2,1-4H3,(H2,21,22,24). The van der Waals surface area contributed by atoms with Crippen molar-refractivity contribution in [1.29, 1.82) is 0 Å². The normalized spacial score (nSPS) is 12.5. The van der Waals surface area contributed by atoms with Crippen LogP contribution < -0.4 is 10.6 Å². The number of nitrogens with zero attached hydrogens (tertiary/aromatic N) is 2. The van der Waals surface area contributed by atoms with Crippen molar-refractivity contribution in [3.63, 3.8) is 0 Å². The van der Waals surface area contributed by atoms with Crippen LogP contribution in [0.2, 0.25) is 0 Å². The number of aliphatic hydroxyl groups is 1. The highest BCUT2D eigenvalue weighted by Gasteiger charge is 2.20. The first-order valence-corrected chi connectivity index (χ1v) is 10.2. The number of guanidine groups is 1. The number of hydrogen-bond donors (Lipinski definition) is 3. The van der Waals surface area contributed by atoms with Gasteiger partial charge in [0.1, 0.15) is 9.88 Å². The van der Waals surface area contributed by atoms with Gasteiger partial charge >= 0.3 is 5.97 Å². The maximum Gasteiger partial charge on any atom is 0.350 e. The van der Waals surface area contributed by atoms with Crippen LogP contribution >= 0.6 is 11.3 Å². The summed E-state index contributed by atoms with van der Waals surface area (Å²) in [6.07, 6.45) is 0. The van der Waals surface area contributed by atoms with Gasteiger partial charge in [-0.1, -0.05) is 24.3 Å². The lowest BCUT2D eigenvalue weighted by Gasteiger charge is -2.16. The molecule has 0 saturated heterocycles. The molecule has 1 atom stereocenters. The number of aliphatic imine (C=N–C) groups is 1. The highest BCUT2D eigenvalue weighted by molar-refractivity contribution is 7.13. The lowest BCUT2D eigenvalue weighted by molar-refractivity contribution is 0.0531. The van der Waals surface area contributed by atoms with E-state index >= 15 is 0 Å². The third-order valence-corrected chi connectivity index (χ3v) is 5.36. The average molecular weight is 405 g/mol. The van der Waals surface area contributed by atoms with Gasteiger partial charge in [0.25, 0.3) is 0 Å². The summed E-state index contributed by atoms with van der Waals surface area (Å²) in [5, 5.41) is 16.8. The summed E-state index contributed by atoms with van der Waals surface area (Å²) in [5.74, 6) is 0.311. The lowest BCUT2D eigenvalue weighted by atomic mass is 10.1. The highest BCUT2D eigenvalue weighted by Crippen LogP contribution is 2.24. The van der Waals surface area contributed by atoms with E-state index in [1.165, 1.54) is 11.3 Å². The maximum atomic E-state index is 12.0. The first-order valence-electron chi connectivity index (χ1n) is 9.37. The summed E-state index contributed by atoms with van der Waals surface area (Å²) >= 11 is 1.33. The van der Waals surface area contributed by atoms with Crippen molar-refractivity contribution in [2.24, 2.45) is 4.99 Å². The van der Waals surface area contributed by atoms with Crippen LogP contribution in [0, 0.1) is 6.92 Å². The topological polar surface area (TPSA) is 95.8 Å². The van der Waals surface area contributed by atoms with Gasteiger partial charge in [-0.05, 0) is 38.8 Å². The number of rotatable bonds is 8. The predicted octanol–water partition coefficient (Wildman–Crippen LogP) is 2.94.